The van der Waals surface area contributed by atoms with Crippen molar-refractivity contribution in [2.24, 2.45) is 0 Å². The zero-order valence-electron chi connectivity index (χ0n) is 15.6. The van der Waals surface area contributed by atoms with Crippen LogP contribution in [0.15, 0.2) is 48.5 Å². The summed E-state index contributed by atoms with van der Waals surface area (Å²) >= 11 is 0. The third-order valence-corrected chi connectivity index (χ3v) is 5.16. The fraction of sp³-hybridized carbons (Fsp3) is 0.261. The van der Waals surface area contributed by atoms with Crippen LogP contribution < -0.4 is 0 Å². The first-order valence-corrected chi connectivity index (χ1v) is 9.46. The van der Waals surface area contributed by atoms with Crippen molar-refractivity contribution in [1.82, 2.24) is 4.98 Å². The molecule has 4 nitrogen and oxygen atoms in total. The molecule has 0 aliphatic heterocycles. The van der Waals surface area contributed by atoms with Gasteiger partial charge in [-0.15, -0.1) is 0 Å². The molecule has 1 atom stereocenters. The fourth-order valence-corrected chi connectivity index (χ4v) is 3.73. The first kappa shape index (κ1) is 18.3. The number of aromatic nitrogens is 1. The molecule has 0 saturated heterocycles. The van der Waals surface area contributed by atoms with E-state index >= 15 is 0 Å². The van der Waals surface area contributed by atoms with Crippen molar-refractivity contribution in [2.75, 3.05) is 0 Å². The van der Waals surface area contributed by atoms with Gasteiger partial charge in [0.05, 0.1) is 11.1 Å². The van der Waals surface area contributed by atoms with E-state index in [4.69, 9.17) is 9.72 Å². The van der Waals surface area contributed by atoms with Gasteiger partial charge in [0.1, 0.15) is 5.82 Å². The van der Waals surface area contributed by atoms with Gasteiger partial charge in [-0.05, 0) is 68.5 Å². The van der Waals surface area contributed by atoms with Crippen LogP contribution in [0.5, 0.6) is 0 Å². The maximum absolute atomic E-state index is 13.1. The van der Waals surface area contributed by atoms with Gasteiger partial charge in [-0.2, -0.15) is 0 Å². The lowest BCUT2D eigenvalue weighted by Gasteiger charge is -2.21. The fourth-order valence-electron chi connectivity index (χ4n) is 3.73. The zero-order valence-corrected chi connectivity index (χ0v) is 15.6. The number of nitrogens with zero attached hydrogens (tertiary/aromatic N) is 1. The summed E-state index contributed by atoms with van der Waals surface area (Å²) in [7, 11) is 0. The molecule has 0 radical (unpaired) electrons. The SMILES string of the molecule is C[C@H](OC(=O)c1c2c(nc3ccccc13)CCCC2)C(=O)c1ccc(F)cc1. The number of halogens is 1. The van der Waals surface area contributed by atoms with E-state index in [1.54, 1.807) is 6.92 Å². The van der Waals surface area contributed by atoms with Crippen molar-refractivity contribution in [3.05, 3.63) is 76.7 Å². The van der Waals surface area contributed by atoms with Crippen LogP contribution in [0.3, 0.4) is 0 Å². The van der Waals surface area contributed by atoms with E-state index in [2.05, 4.69) is 0 Å². The van der Waals surface area contributed by atoms with Gasteiger partial charge in [0.2, 0.25) is 5.78 Å². The largest absolute Gasteiger partial charge is 0.451 e. The number of para-hydroxylation sites is 1. The molecule has 0 fully saturated rings. The molecule has 28 heavy (non-hydrogen) atoms. The molecule has 4 rings (SSSR count). The molecular formula is C23H20FNO3. The average molecular weight is 377 g/mol. The minimum atomic E-state index is -0.968. The Balaban J connectivity index is 1.67. The van der Waals surface area contributed by atoms with Gasteiger partial charge in [0.15, 0.2) is 6.10 Å². The smallest absolute Gasteiger partial charge is 0.339 e. The number of esters is 1. The first-order valence-electron chi connectivity index (χ1n) is 9.46. The molecule has 1 heterocycles. The number of hydrogen-bond donors (Lipinski definition) is 0. The van der Waals surface area contributed by atoms with Crippen LogP contribution in [0.1, 0.15) is 51.7 Å². The standard InChI is InChI=1S/C23H20FNO3/c1-14(22(26)15-10-12-16(24)13-11-15)28-23(27)21-17-6-2-4-8-19(17)25-20-9-5-3-7-18(20)21/h2,4,6,8,10-14H,3,5,7,9H2,1H3/t14-/m0/s1. The number of carbonyl (C=O) groups is 2. The van der Waals surface area contributed by atoms with Crippen LogP contribution in [-0.2, 0) is 17.6 Å². The van der Waals surface area contributed by atoms with Gasteiger partial charge in [0.25, 0.3) is 0 Å². The number of pyridine rings is 1. The number of Topliss-reactive ketones (excluding diaryl/α,β-unsaturated/α-hetero) is 1. The van der Waals surface area contributed by atoms with Gasteiger partial charge >= 0.3 is 5.97 Å². The average Bonchev–Trinajstić information content (AvgIpc) is 2.71. The van der Waals surface area contributed by atoms with Crippen molar-refractivity contribution >= 4 is 22.7 Å². The van der Waals surface area contributed by atoms with Crippen molar-refractivity contribution in [3.8, 4) is 0 Å². The Bertz CT molecular complexity index is 1060. The van der Waals surface area contributed by atoms with Crippen molar-refractivity contribution in [3.63, 3.8) is 0 Å². The molecule has 0 bridgehead atoms. The monoisotopic (exact) mass is 377 g/mol. The van der Waals surface area contributed by atoms with Crippen LogP contribution >= 0.6 is 0 Å². The summed E-state index contributed by atoms with van der Waals surface area (Å²) in [6.07, 6.45) is 2.69. The summed E-state index contributed by atoms with van der Waals surface area (Å²) in [5.74, 6) is -1.30. The highest BCUT2D eigenvalue weighted by Crippen LogP contribution is 2.30. The lowest BCUT2D eigenvalue weighted by atomic mass is 9.90. The lowest BCUT2D eigenvalue weighted by molar-refractivity contribution is 0.0319. The molecular weight excluding hydrogens is 357 g/mol. The molecule has 142 valence electrons. The Morgan fingerprint density at radius 3 is 2.54 bits per heavy atom. The number of aryl methyl sites for hydroxylation is 1. The van der Waals surface area contributed by atoms with Crippen LogP contribution in [0, 0.1) is 5.82 Å². The molecule has 0 saturated carbocycles. The van der Waals surface area contributed by atoms with Gasteiger partial charge in [-0.3, -0.25) is 9.78 Å². The van der Waals surface area contributed by atoms with Crippen molar-refractivity contribution < 1.29 is 18.7 Å². The molecule has 2 aromatic carbocycles. The summed E-state index contributed by atoms with van der Waals surface area (Å²) in [6, 6.07) is 12.7. The molecule has 1 aliphatic rings. The Hall–Kier alpha value is -3.08. The Morgan fingerprint density at radius 2 is 1.75 bits per heavy atom. The molecule has 1 aromatic heterocycles. The maximum Gasteiger partial charge on any atom is 0.339 e. The number of carbonyl (C=O) groups excluding carboxylic acids is 2. The van der Waals surface area contributed by atoms with Crippen LogP contribution in [0.4, 0.5) is 4.39 Å². The third kappa shape index (κ3) is 3.40. The second kappa shape index (κ2) is 7.50. The zero-order chi connectivity index (χ0) is 19.7. The molecule has 0 spiro atoms. The highest BCUT2D eigenvalue weighted by atomic mass is 19.1. The van der Waals surface area contributed by atoms with E-state index < -0.39 is 17.9 Å². The minimum Gasteiger partial charge on any atom is -0.451 e. The summed E-state index contributed by atoms with van der Waals surface area (Å²) in [6.45, 7) is 1.54. The third-order valence-electron chi connectivity index (χ3n) is 5.16. The molecule has 1 aliphatic carbocycles. The van der Waals surface area contributed by atoms with Crippen LogP contribution in [0.25, 0.3) is 10.9 Å². The molecule has 0 amide bonds. The van der Waals surface area contributed by atoms with E-state index in [9.17, 15) is 14.0 Å². The van der Waals surface area contributed by atoms with Crippen LogP contribution in [-0.4, -0.2) is 22.8 Å². The number of ketones is 1. The van der Waals surface area contributed by atoms with Crippen molar-refractivity contribution in [2.45, 2.75) is 38.7 Å². The normalized spacial score (nSPS) is 14.4. The molecule has 0 N–H and O–H groups in total. The Morgan fingerprint density at radius 1 is 1.04 bits per heavy atom. The van der Waals surface area contributed by atoms with Gasteiger partial charge in [0, 0.05) is 16.6 Å². The summed E-state index contributed by atoms with van der Waals surface area (Å²) in [4.78, 5) is 30.4. The van der Waals surface area contributed by atoms with E-state index in [0.717, 1.165) is 47.8 Å². The maximum atomic E-state index is 13.1. The number of ether oxygens (including phenoxy) is 1. The Labute approximate surface area is 162 Å². The first-order chi connectivity index (χ1) is 13.5. The number of benzene rings is 2. The van der Waals surface area contributed by atoms with Gasteiger partial charge in [-0.1, -0.05) is 18.2 Å². The van der Waals surface area contributed by atoms with E-state index in [-0.39, 0.29) is 5.78 Å². The number of hydrogen-bond acceptors (Lipinski definition) is 4. The molecule has 3 aromatic rings. The van der Waals surface area contributed by atoms with Crippen LogP contribution in [0.2, 0.25) is 0 Å². The topological polar surface area (TPSA) is 56.3 Å². The summed E-state index contributed by atoms with van der Waals surface area (Å²) in [5.41, 5.74) is 3.45. The summed E-state index contributed by atoms with van der Waals surface area (Å²) < 4.78 is 18.6. The van der Waals surface area contributed by atoms with Crippen molar-refractivity contribution in [1.29, 1.82) is 0 Å². The lowest BCUT2D eigenvalue weighted by Crippen LogP contribution is -2.26. The highest BCUT2D eigenvalue weighted by molar-refractivity contribution is 6.07. The van der Waals surface area contributed by atoms with E-state index in [1.807, 2.05) is 24.3 Å². The van der Waals surface area contributed by atoms with Gasteiger partial charge in [-0.25, -0.2) is 9.18 Å². The number of fused-ring (bicyclic) bond motifs is 2. The summed E-state index contributed by atoms with van der Waals surface area (Å²) in [5, 5.41) is 0.745. The second-order valence-electron chi connectivity index (χ2n) is 7.05. The van der Waals surface area contributed by atoms with Gasteiger partial charge < -0.3 is 4.74 Å². The minimum absolute atomic E-state index is 0.309. The predicted octanol–water partition coefficient (Wildman–Crippen LogP) is 4.68. The van der Waals surface area contributed by atoms with E-state index in [1.165, 1.54) is 24.3 Å². The molecule has 5 heteroatoms. The highest BCUT2D eigenvalue weighted by Gasteiger charge is 2.26. The van der Waals surface area contributed by atoms with E-state index in [0.29, 0.717) is 11.1 Å². The predicted molar refractivity (Wildman–Crippen MR) is 104 cm³/mol. The second-order valence-corrected chi connectivity index (χ2v) is 7.05. The Kier molecular flexibility index (Phi) is 4.90. The quantitative estimate of drug-likeness (QED) is 0.489. The molecule has 0 unspecified atom stereocenters. The number of rotatable bonds is 4.